The van der Waals surface area contributed by atoms with Crippen molar-refractivity contribution >= 4 is 16.7 Å². The lowest BCUT2D eigenvalue weighted by Crippen LogP contribution is -2.14. The van der Waals surface area contributed by atoms with Crippen LogP contribution in [-0.2, 0) is 0 Å². The van der Waals surface area contributed by atoms with E-state index in [-0.39, 0.29) is 5.56 Å². The molecule has 5 heteroatoms. The lowest BCUT2D eigenvalue weighted by molar-refractivity contribution is -0.125. The van der Waals surface area contributed by atoms with Crippen molar-refractivity contribution in [1.29, 1.82) is 0 Å². The van der Waals surface area contributed by atoms with E-state index in [1.165, 1.54) is 12.1 Å². The molecule has 0 saturated heterocycles. The van der Waals surface area contributed by atoms with Crippen molar-refractivity contribution in [3.63, 3.8) is 0 Å². The van der Waals surface area contributed by atoms with E-state index in [0.29, 0.717) is 10.9 Å². The van der Waals surface area contributed by atoms with Crippen LogP contribution in [0, 0.1) is 0 Å². The molecule has 0 unspecified atom stereocenters. The van der Waals surface area contributed by atoms with Crippen LogP contribution in [0.2, 0.25) is 0 Å². The van der Waals surface area contributed by atoms with Gasteiger partial charge < -0.3 is 0 Å². The number of hydrogen-bond donors (Lipinski definition) is 0. The molecule has 1 aromatic heterocycles. The van der Waals surface area contributed by atoms with Crippen molar-refractivity contribution in [2.45, 2.75) is 12.6 Å². The molecule has 2 nitrogen and oxygen atoms in total. The predicted octanol–water partition coefficient (Wildman–Crippen LogP) is 3.37. The summed E-state index contributed by atoms with van der Waals surface area (Å²) in [5.74, 6) is -0.928. The first kappa shape index (κ1) is 11.6. The maximum atomic E-state index is 12.1. The molecule has 0 radical (unpaired) electrons. The molecule has 0 amide bonds. The zero-order valence-corrected chi connectivity index (χ0v) is 8.66. The Morgan fingerprint density at radius 1 is 1.24 bits per heavy atom. The van der Waals surface area contributed by atoms with Gasteiger partial charge in [-0.1, -0.05) is 6.07 Å². The van der Waals surface area contributed by atoms with Crippen LogP contribution in [0.4, 0.5) is 13.2 Å². The second-order valence-corrected chi connectivity index (χ2v) is 3.63. The lowest BCUT2D eigenvalue weighted by Gasteiger charge is -2.06. The fourth-order valence-corrected chi connectivity index (χ4v) is 1.53. The monoisotopic (exact) mass is 239 g/mol. The van der Waals surface area contributed by atoms with Crippen LogP contribution in [0.1, 0.15) is 16.8 Å². The number of hydrogen-bond acceptors (Lipinski definition) is 2. The number of carbonyl (C=O) groups is 1. The average Bonchev–Trinajstić information content (AvgIpc) is 2.26. The van der Waals surface area contributed by atoms with Gasteiger partial charge in [0.1, 0.15) is 6.42 Å². The first-order chi connectivity index (χ1) is 7.96. The first-order valence-electron chi connectivity index (χ1n) is 4.90. The zero-order valence-electron chi connectivity index (χ0n) is 8.66. The minimum absolute atomic E-state index is 0.0582. The molecule has 0 fully saturated rings. The second-order valence-electron chi connectivity index (χ2n) is 3.63. The number of fused-ring (bicyclic) bond motifs is 1. The Hall–Kier alpha value is -1.91. The third-order valence-corrected chi connectivity index (χ3v) is 2.29. The van der Waals surface area contributed by atoms with Crippen molar-refractivity contribution in [3.8, 4) is 0 Å². The van der Waals surface area contributed by atoms with Crippen LogP contribution in [0.15, 0.2) is 36.5 Å². The number of ketones is 1. The Bertz CT molecular complexity index is 563. The van der Waals surface area contributed by atoms with Crippen LogP contribution in [0.5, 0.6) is 0 Å². The highest BCUT2D eigenvalue weighted by Gasteiger charge is 2.31. The summed E-state index contributed by atoms with van der Waals surface area (Å²) in [5, 5.41) is 0.653. The van der Waals surface area contributed by atoms with E-state index >= 15 is 0 Å². The summed E-state index contributed by atoms with van der Waals surface area (Å²) in [7, 11) is 0. The van der Waals surface area contributed by atoms with E-state index in [2.05, 4.69) is 4.98 Å². The quantitative estimate of drug-likeness (QED) is 0.752. The molecule has 0 aliphatic rings. The van der Waals surface area contributed by atoms with Gasteiger partial charge in [0.15, 0.2) is 5.78 Å². The van der Waals surface area contributed by atoms with E-state index < -0.39 is 18.4 Å². The van der Waals surface area contributed by atoms with Crippen molar-refractivity contribution in [2.75, 3.05) is 0 Å². The largest absolute Gasteiger partial charge is 0.396 e. The lowest BCUT2D eigenvalue weighted by atomic mass is 10.1. The van der Waals surface area contributed by atoms with Gasteiger partial charge in [-0.25, -0.2) is 0 Å². The molecule has 0 saturated carbocycles. The number of benzene rings is 1. The van der Waals surface area contributed by atoms with Gasteiger partial charge in [-0.3, -0.25) is 9.78 Å². The Morgan fingerprint density at radius 3 is 2.71 bits per heavy atom. The summed E-state index contributed by atoms with van der Waals surface area (Å²) in [6, 6.07) is 7.70. The van der Waals surface area contributed by atoms with Crippen molar-refractivity contribution < 1.29 is 18.0 Å². The molecule has 0 bridgehead atoms. The van der Waals surface area contributed by atoms with E-state index in [1.54, 1.807) is 24.4 Å². The van der Waals surface area contributed by atoms with Crippen molar-refractivity contribution in [2.24, 2.45) is 0 Å². The number of carbonyl (C=O) groups excluding carboxylic acids is 1. The second kappa shape index (κ2) is 4.16. The molecular formula is C12H8F3NO. The molecule has 0 aliphatic heterocycles. The fraction of sp³-hybridized carbons (Fsp3) is 0.167. The Balaban J connectivity index is 2.33. The number of rotatable bonds is 2. The third-order valence-electron chi connectivity index (χ3n) is 2.29. The van der Waals surface area contributed by atoms with E-state index in [9.17, 15) is 18.0 Å². The molecule has 1 heterocycles. The molecule has 1 aromatic carbocycles. The Morgan fingerprint density at radius 2 is 2.00 bits per heavy atom. The van der Waals surface area contributed by atoms with Crippen molar-refractivity contribution in [3.05, 3.63) is 42.1 Å². The number of halogens is 3. The van der Waals surface area contributed by atoms with Crippen LogP contribution < -0.4 is 0 Å². The molecule has 0 atom stereocenters. The first-order valence-corrected chi connectivity index (χ1v) is 4.90. The number of alkyl halides is 3. The summed E-state index contributed by atoms with van der Waals surface area (Å²) in [5.41, 5.74) is 0.707. The Labute approximate surface area is 95.1 Å². The van der Waals surface area contributed by atoms with Crippen LogP contribution in [0.25, 0.3) is 10.9 Å². The highest BCUT2D eigenvalue weighted by atomic mass is 19.4. The zero-order chi connectivity index (χ0) is 12.5. The highest BCUT2D eigenvalue weighted by molar-refractivity contribution is 5.99. The number of pyridine rings is 1. The van der Waals surface area contributed by atoms with Gasteiger partial charge in [0.2, 0.25) is 0 Å². The molecule has 17 heavy (non-hydrogen) atoms. The van der Waals surface area contributed by atoms with Crippen LogP contribution in [0.3, 0.4) is 0 Å². The van der Waals surface area contributed by atoms with Gasteiger partial charge in [-0.2, -0.15) is 13.2 Å². The summed E-state index contributed by atoms with van der Waals surface area (Å²) in [6.45, 7) is 0. The predicted molar refractivity (Wildman–Crippen MR) is 56.7 cm³/mol. The fourth-order valence-electron chi connectivity index (χ4n) is 1.53. The topological polar surface area (TPSA) is 30.0 Å². The van der Waals surface area contributed by atoms with Gasteiger partial charge in [0.05, 0.1) is 5.52 Å². The smallest absolute Gasteiger partial charge is 0.294 e. The van der Waals surface area contributed by atoms with Gasteiger partial charge in [0, 0.05) is 17.1 Å². The number of nitrogens with zero attached hydrogens (tertiary/aromatic N) is 1. The molecule has 88 valence electrons. The van der Waals surface area contributed by atoms with Gasteiger partial charge in [-0.05, 0) is 24.3 Å². The molecule has 0 spiro atoms. The van der Waals surface area contributed by atoms with Gasteiger partial charge in [0.25, 0.3) is 0 Å². The van der Waals surface area contributed by atoms with E-state index in [4.69, 9.17) is 0 Å². The summed E-state index contributed by atoms with van der Waals surface area (Å²) in [6.07, 6.45) is -4.32. The minimum Gasteiger partial charge on any atom is -0.294 e. The minimum atomic E-state index is -4.47. The maximum Gasteiger partial charge on any atom is 0.396 e. The van der Waals surface area contributed by atoms with E-state index in [1.807, 2.05) is 0 Å². The average molecular weight is 239 g/mol. The standard InChI is InChI=1S/C12H8F3NO/c13-12(14,15)7-11(17)9-3-4-10-8(6-9)2-1-5-16-10/h1-6H,7H2. The number of aromatic nitrogens is 1. The normalized spacial score (nSPS) is 11.7. The molecule has 2 rings (SSSR count). The van der Waals surface area contributed by atoms with Crippen LogP contribution >= 0.6 is 0 Å². The third kappa shape index (κ3) is 2.81. The van der Waals surface area contributed by atoms with Gasteiger partial charge >= 0.3 is 6.18 Å². The molecule has 0 aliphatic carbocycles. The summed E-state index contributed by atoms with van der Waals surface area (Å²) >= 11 is 0. The van der Waals surface area contributed by atoms with Crippen LogP contribution in [-0.4, -0.2) is 16.9 Å². The highest BCUT2D eigenvalue weighted by Crippen LogP contribution is 2.23. The number of Topliss-reactive ketones (excluding diaryl/α,β-unsaturated/α-hetero) is 1. The van der Waals surface area contributed by atoms with Crippen molar-refractivity contribution in [1.82, 2.24) is 4.98 Å². The molecular weight excluding hydrogens is 231 g/mol. The van der Waals surface area contributed by atoms with Gasteiger partial charge in [-0.15, -0.1) is 0 Å². The maximum absolute atomic E-state index is 12.1. The summed E-state index contributed by atoms with van der Waals surface area (Å²) < 4.78 is 36.2. The van der Waals surface area contributed by atoms with E-state index in [0.717, 1.165) is 0 Å². The summed E-state index contributed by atoms with van der Waals surface area (Å²) in [4.78, 5) is 15.4. The molecule has 2 aromatic rings. The molecule has 0 N–H and O–H groups in total. The SMILES string of the molecule is O=C(CC(F)(F)F)c1ccc2ncccc2c1. The Kier molecular flexibility index (Phi) is 2.83.